The monoisotopic (exact) mass is 720 g/mol. The van der Waals surface area contributed by atoms with Gasteiger partial charge in [-0.3, -0.25) is 14.4 Å². The summed E-state index contributed by atoms with van der Waals surface area (Å²) in [4.78, 5) is 54.3. The predicted molar refractivity (Wildman–Crippen MR) is 195 cm³/mol. The minimum absolute atomic E-state index is 0.0782. The highest BCUT2D eigenvalue weighted by Gasteiger charge is 2.40. The number of fused-ring (bicyclic) bond motifs is 1. The lowest BCUT2D eigenvalue weighted by Gasteiger charge is -2.33. The van der Waals surface area contributed by atoms with Crippen LogP contribution in [0.3, 0.4) is 0 Å². The highest BCUT2D eigenvalue weighted by molar-refractivity contribution is 5.94. The number of aliphatic carboxylic acids is 1. The number of hydrogen-bond donors (Lipinski definition) is 7. The van der Waals surface area contributed by atoms with E-state index in [4.69, 9.17) is 4.74 Å². The molecule has 0 saturated carbocycles. The van der Waals surface area contributed by atoms with E-state index >= 15 is 0 Å². The van der Waals surface area contributed by atoms with Gasteiger partial charge in [-0.15, -0.1) is 0 Å². The summed E-state index contributed by atoms with van der Waals surface area (Å²) in [5.41, 5.74) is -0.165. The molecule has 53 heavy (non-hydrogen) atoms. The number of benzene rings is 4. The topological polar surface area (TPSA) is 202 Å². The Kier molecular flexibility index (Phi) is 11.2. The third-order valence-electron chi connectivity index (χ3n) is 9.33. The number of nitrogens with one attached hydrogen (secondary N) is 3. The summed E-state index contributed by atoms with van der Waals surface area (Å²) in [5.74, 6) is -1.87. The molecule has 1 fully saturated rings. The molecule has 7 N–H and O–H groups in total. The second-order valence-corrected chi connectivity index (χ2v) is 13.0. The summed E-state index contributed by atoms with van der Waals surface area (Å²) in [5, 5.41) is 48.6. The highest BCUT2D eigenvalue weighted by Crippen LogP contribution is 2.32. The van der Waals surface area contributed by atoms with E-state index in [-0.39, 0.29) is 58.8 Å². The number of pyridine rings is 1. The number of phenolic OH excluding ortho intramolecular Hbond substituents is 1. The fraction of sp³-hybridized carbons (Fsp3) is 0.250. The fourth-order valence-electron chi connectivity index (χ4n) is 6.56. The number of aromatic hydroxyl groups is 1. The summed E-state index contributed by atoms with van der Waals surface area (Å²) in [6.07, 6.45) is 0.478. The quantitative estimate of drug-likeness (QED) is 0.0948. The van der Waals surface area contributed by atoms with E-state index < -0.39 is 23.6 Å². The van der Waals surface area contributed by atoms with Crippen LogP contribution in [0.2, 0.25) is 0 Å². The number of amides is 2. The van der Waals surface area contributed by atoms with E-state index in [1.807, 2.05) is 12.1 Å². The maximum absolute atomic E-state index is 13.4. The zero-order valence-electron chi connectivity index (χ0n) is 28.7. The van der Waals surface area contributed by atoms with Crippen LogP contribution < -0.4 is 20.9 Å². The van der Waals surface area contributed by atoms with Crippen LogP contribution in [-0.4, -0.2) is 80.4 Å². The summed E-state index contributed by atoms with van der Waals surface area (Å²) >= 11 is 0. The smallest absolute Gasteiger partial charge is 0.345 e. The van der Waals surface area contributed by atoms with Crippen molar-refractivity contribution in [1.29, 1.82) is 0 Å². The van der Waals surface area contributed by atoms with E-state index in [9.17, 15) is 39.6 Å². The third-order valence-corrected chi connectivity index (χ3v) is 9.33. The number of H-pyrrole nitrogens is 1. The van der Waals surface area contributed by atoms with Crippen molar-refractivity contribution in [3.8, 4) is 11.5 Å². The van der Waals surface area contributed by atoms with Gasteiger partial charge in [-0.25, -0.2) is 4.79 Å². The molecule has 2 heterocycles. The highest BCUT2D eigenvalue weighted by atomic mass is 16.5. The first-order valence-electron chi connectivity index (χ1n) is 17.2. The zero-order valence-corrected chi connectivity index (χ0v) is 28.7. The molecule has 1 aliphatic rings. The lowest BCUT2D eigenvalue weighted by molar-refractivity contribution is -0.155. The minimum Gasteiger partial charge on any atom is -0.506 e. The Morgan fingerprint density at radius 2 is 1.70 bits per heavy atom. The Balaban J connectivity index is 0.982. The Labute approximate surface area is 304 Å². The van der Waals surface area contributed by atoms with Crippen LogP contribution in [0, 0.1) is 0 Å². The van der Waals surface area contributed by atoms with E-state index in [2.05, 4.69) is 15.6 Å². The standard InChI is InChI=1S/C40H40N4O9/c45-33-17-15-31(32-16-18-35(47)43-37(32)33)34(46)22-41-21-25-11-13-26(14-12-25)38(49)44-19-5-9-29(23-44)42-36(48)24-53-30-10-4-8-28(20-30)40(52,39(50)51)27-6-2-1-3-7-27/h1-4,6-8,10-18,20,29,34,41,45-46,52H,5,9,19,21-24H2,(H,42,48)(H,43,47)(H,50,51)/t29-,34?,40?/m1/s1. The number of aromatic amines is 1. The number of aliphatic hydroxyl groups excluding tert-OH is 1. The number of carboxylic acid groups (broad SMARTS) is 1. The van der Waals surface area contributed by atoms with Crippen molar-refractivity contribution in [3.05, 3.63) is 141 Å². The number of nitrogens with zero attached hydrogens (tertiary/aromatic N) is 1. The summed E-state index contributed by atoms with van der Waals surface area (Å²) < 4.78 is 5.67. The number of likely N-dealkylation sites (tertiary alicyclic amines) is 1. The Bertz CT molecular complexity index is 2160. The summed E-state index contributed by atoms with van der Waals surface area (Å²) in [6.45, 7) is 1.16. The van der Waals surface area contributed by atoms with Crippen molar-refractivity contribution in [3.63, 3.8) is 0 Å². The van der Waals surface area contributed by atoms with Gasteiger partial charge in [-0.2, -0.15) is 0 Å². The second kappa shape index (κ2) is 16.1. The molecular formula is C40H40N4O9. The van der Waals surface area contributed by atoms with Gasteiger partial charge in [0.1, 0.15) is 11.5 Å². The SMILES string of the molecule is O=C(COc1cccc(C(O)(C(=O)O)c2ccccc2)c1)N[C@@H]1CCCN(C(=O)c2ccc(CNCC(O)c3ccc(O)c4[nH]c(=O)ccc34)cc2)C1. The first kappa shape index (κ1) is 36.8. The van der Waals surface area contributed by atoms with Gasteiger partial charge >= 0.3 is 5.97 Å². The van der Waals surface area contributed by atoms with Crippen LogP contribution in [0.15, 0.2) is 108 Å². The molecule has 274 valence electrons. The molecule has 1 saturated heterocycles. The number of carboxylic acids is 1. The van der Waals surface area contributed by atoms with Crippen LogP contribution in [0.25, 0.3) is 10.9 Å². The van der Waals surface area contributed by atoms with E-state index in [0.29, 0.717) is 49.0 Å². The third kappa shape index (κ3) is 8.39. The number of phenols is 1. The van der Waals surface area contributed by atoms with Crippen molar-refractivity contribution in [2.75, 3.05) is 26.2 Å². The number of piperidine rings is 1. The van der Waals surface area contributed by atoms with E-state index in [0.717, 1.165) is 5.56 Å². The second-order valence-electron chi connectivity index (χ2n) is 13.0. The molecule has 3 atom stereocenters. The summed E-state index contributed by atoms with van der Waals surface area (Å²) in [6, 6.07) is 26.8. The predicted octanol–water partition coefficient (Wildman–Crippen LogP) is 3.18. The summed E-state index contributed by atoms with van der Waals surface area (Å²) in [7, 11) is 0. The van der Waals surface area contributed by atoms with Gasteiger partial charge in [0.05, 0.1) is 11.6 Å². The van der Waals surface area contributed by atoms with Gasteiger partial charge in [0.2, 0.25) is 11.2 Å². The van der Waals surface area contributed by atoms with Gasteiger partial charge in [0.25, 0.3) is 11.8 Å². The Morgan fingerprint density at radius 1 is 0.943 bits per heavy atom. The molecule has 1 aliphatic heterocycles. The molecule has 13 nitrogen and oxygen atoms in total. The van der Waals surface area contributed by atoms with Crippen LogP contribution >= 0.6 is 0 Å². The Hall–Kier alpha value is -6.02. The van der Waals surface area contributed by atoms with Gasteiger partial charge in [-0.1, -0.05) is 60.7 Å². The number of hydrogen-bond acceptors (Lipinski definition) is 9. The van der Waals surface area contributed by atoms with Gasteiger partial charge in [0.15, 0.2) is 6.61 Å². The average molecular weight is 721 g/mol. The van der Waals surface area contributed by atoms with Crippen molar-refractivity contribution in [2.24, 2.45) is 0 Å². The average Bonchev–Trinajstić information content (AvgIpc) is 3.17. The first-order chi connectivity index (χ1) is 25.5. The van der Waals surface area contributed by atoms with Crippen LogP contribution in [0.1, 0.15) is 51.6 Å². The number of carbonyl (C=O) groups is 3. The van der Waals surface area contributed by atoms with Crippen LogP contribution in [-0.2, 0) is 21.7 Å². The van der Waals surface area contributed by atoms with E-state index in [1.165, 1.54) is 36.4 Å². The Morgan fingerprint density at radius 3 is 2.45 bits per heavy atom. The van der Waals surface area contributed by atoms with Gasteiger partial charge < -0.3 is 45.7 Å². The van der Waals surface area contributed by atoms with Gasteiger partial charge in [-0.05, 0) is 65.9 Å². The molecule has 2 unspecified atom stereocenters. The molecular weight excluding hydrogens is 680 g/mol. The molecule has 5 aromatic rings. The number of aliphatic hydroxyl groups is 2. The molecule has 4 aromatic carbocycles. The molecule has 0 spiro atoms. The molecule has 0 radical (unpaired) electrons. The zero-order chi connectivity index (χ0) is 37.5. The number of carbonyl (C=O) groups excluding carboxylic acids is 2. The van der Waals surface area contributed by atoms with Crippen molar-refractivity contribution >= 4 is 28.7 Å². The number of aromatic nitrogens is 1. The number of rotatable bonds is 13. The van der Waals surface area contributed by atoms with Crippen LogP contribution in [0.5, 0.6) is 11.5 Å². The normalized spacial score (nSPS) is 16.0. The van der Waals surface area contributed by atoms with E-state index in [1.54, 1.807) is 59.5 Å². The molecule has 1 aromatic heterocycles. The molecule has 2 amide bonds. The van der Waals surface area contributed by atoms with Gasteiger partial charge in [0, 0.05) is 54.8 Å². The molecule has 0 aliphatic carbocycles. The molecule has 13 heteroatoms. The van der Waals surface area contributed by atoms with Crippen LogP contribution in [0.4, 0.5) is 0 Å². The van der Waals surface area contributed by atoms with Crippen molar-refractivity contribution < 1.29 is 39.5 Å². The minimum atomic E-state index is -2.31. The lowest BCUT2D eigenvalue weighted by atomic mass is 9.86. The maximum Gasteiger partial charge on any atom is 0.345 e. The first-order valence-corrected chi connectivity index (χ1v) is 17.2. The largest absolute Gasteiger partial charge is 0.506 e. The fourth-order valence-corrected chi connectivity index (χ4v) is 6.56. The molecule has 6 rings (SSSR count). The van der Waals surface area contributed by atoms with Crippen molar-refractivity contribution in [2.45, 2.75) is 37.1 Å². The number of ether oxygens (including phenoxy) is 1. The lowest BCUT2D eigenvalue weighted by Crippen LogP contribution is -2.50. The maximum atomic E-state index is 13.4. The molecule has 0 bridgehead atoms. The van der Waals surface area contributed by atoms with Crippen molar-refractivity contribution in [1.82, 2.24) is 20.5 Å².